The Hall–Kier alpha value is -2.04. The zero-order valence-electron chi connectivity index (χ0n) is 11.7. The molecule has 1 fully saturated rings. The van der Waals surface area contributed by atoms with Crippen molar-refractivity contribution in [3.63, 3.8) is 0 Å². The van der Waals surface area contributed by atoms with Crippen LogP contribution >= 0.6 is 0 Å². The number of esters is 1. The molecule has 20 heavy (non-hydrogen) atoms. The Kier molecular flexibility index (Phi) is 4.61. The van der Waals surface area contributed by atoms with E-state index in [1.54, 1.807) is 0 Å². The van der Waals surface area contributed by atoms with E-state index in [9.17, 15) is 9.59 Å². The SMILES string of the molecule is CC(C)CC1C(=O)OCN1C(=O)OCc1ccccc1. The zero-order chi connectivity index (χ0) is 14.5. The summed E-state index contributed by atoms with van der Waals surface area (Å²) in [6.07, 6.45) is 0.0737. The first kappa shape index (κ1) is 14.4. The smallest absolute Gasteiger partial charge is 0.413 e. The van der Waals surface area contributed by atoms with Gasteiger partial charge in [-0.2, -0.15) is 0 Å². The van der Waals surface area contributed by atoms with Crippen LogP contribution in [0.4, 0.5) is 4.79 Å². The second-order valence-electron chi connectivity index (χ2n) is 5.25. The Morgan fingerprint density at radius 1 is 1.40 bits per heavy atom. The Morgan fingerprint density at radius 3 is 2.75 bits per heavy atom. The van der Waals surface area contributed by atoms with E-state index in [4.69, 9.17) is 9.47 Å². The normalized spacial score (nSPS) is 18.2. The van der Waals surface area contributed by atoms with Gasteiger partial charge in [0.1, 0.15) is 12.6 Å². The fourth-order valence-corrected chi connectivity index (χ4v) is 2.10. The van der Waals surface area contributed by atoms with Crippen molar-refractivity contribution < 1.29 is 19.1 Å². The number of rotatable bonds is 4. The zero-order valence-corrected chi connectivity index (χ0v) is 11.7. The molecule has 1 unspecified atom stereocenters. The largest absolute Gasteiger partial charge is 0.444 e. The lowest BCUT2D eigenvalue weighted by atomic mass is 10.0. The van der Waals surface area contributed by atoms with Crippen LogP contribution in [-0.2, 0) is 20.9 Å². The summed E-state index contributed by atoms with van der Waals surface area (Å²) in [5, 5.41) is 0. The van der Waals surface area contributed by atoms with Crippen LogP contribution in [0.3, 0.4) is 0 Å². The highest BCUT2D eigenvalue weighted by Crippen LogP contribution is 2.20. The average Bonchev–Trinajstić information content (AvgIpc) is 2.78. The van der Waals surface area contributed by atoms with Crippen LogP contribution in [-0.4, -0.2) is 29.7 Å². The van der Waals surface area contributed by atoms with E-state index in [0.717, 1.165) is 5.56 Å². The molecule has 0 saturated carbocycles. The van der Waals surface area contributed by atoms with Gasteiger partial charge in [0.15, 0.2) is 6.73 Å². The molecule has 1 atom stereocenters. The maximum absolute atomic E-state index is 12.0. The van der Waals surface area contributed by atoms with Gasteiger partial charge in [-0.25, -0.2) is 9.59 Å². The van der Waals surface area contributed by atoms with Crippen LogP contribution in [0.1, 0.15) is 25.8 Å². The van der Waals surface area contributed by atoms with Crippen LogP contribution < -0.4 is 0 Å². The molecule has 1 aliphatic rings. The Balaban J connectivity index is 1.92. The van der Waals surface area contributed by atoms with Crippen LogP contribution in [0.25, 0.3) is 0 Å². The van der Waals surface area contributed by atoms with E-state index >= 15 is 0 Å². The quantitative estimate of drug-likeness (QED) is 0.794. The summed E-state index contributed by atoms with van der Waals surface area (Å²) in [6.45, 7) is 4.17. The lowest BCUT2D eigenvalue weighted by Gasteiger charge is -2.20. The molecule has 0 aliphatic carbocycles. The number of carbonyl (C=O) groups excluding carboxylic acids is 2. The molecule has 1 amide bonds. The Morgan fingerprint density at radius 2 is 2.10 bits per heavy atom. The van der Waals surface area contributed by atoms with Gasteiger partial charge in [-0.15, -0.1) is 0 Å². The third-order valence-electron chi connectivity index (χ3n) is 3.13. The van der Waals surface area contributed by atoms with Crippen molar-refractivity contribution in [2.75, 3.05) is 6.73 Å². The first-order valence-electron chi connectivity index (χ1n) is 6.72. The average molecular weight is 277 g/mol. The minimum Gasteiger partial charge on any atom is -0.444 e. The first-order chi connectivity index (χ1) is 9.58. The number of hydrogen-bond donors (Lipinski definition) is 0. The number of ether oxygens (including phenoxy) is 2. The predicted molar refractivity (Wildman–Crippen MR) is 72.7 cm³/mol. The fourth-order valence-electron chi connectivity index (χ4n) is 2.10. The van der Waals surface area contributed by atoms with E-state index in [2.05, 4.69) is 0 Å². The van der Waals surface area contributed by atoms with Gasteiger partial charge in [0.2, 0.25) is 0 Å². The van der Waals surface area contributed by atoms with E-state index in [0.29, 0.717) is 12.3 Å². The van der Waals surface area contributed by atoms with Gasteiger partial charge in [0.25, 0.3) is 0 Å². The van der Waals surface area contributed by atoms with Gasteiger partial charge in [0.05, 0.1) is 0 Å². The molecule has 5 nitrogen and oxygen atoms in total. The molecule has 5 heteroatoms. The maximum Gasteiger partial charge on any atom is 0.413 e. The number of benzene rings is 1. The molecule has 0 bridgehead atoms. The summed E-state index contributed by atoms with van der Waals surface area (Å²) < 4.78 is 10.2. The number of hydrogen-bond acceptors (Lipinski definition) is 4. The van der Waals surface area contributed by atoms with Crippen LogP contribution in [0, 0.1) is 5.92 Å². The summed E-state index contributed by atoms with van der Waals surface area (Å²) in [5.74, 6) is -0.0505. The van der Waals surface area contributed by atoms with Crippen LogP contribution in [0.5, 0.6) is 0 Å². The lowest BCUT2D eigenvalue weighted by molar-refractivity contribution is -0.139. The summed E-state index contributed by atoms with van der Waals surface area (Å²) >= 11 is 0. The molecule has 0 spiro atoms. The minimum absolute atomic E-state index is 0.0240. The maximum atomic E-state index is 12.0. The summed E-state index contributed by atoms with van der Waals surface area (Å²) in [7, 11) is 0. The Bertz CT molecular complexity index is 472. The topological polar surface area (TPSA) is 55.8 Å². The first-order valence-corrected chi connectivity index (χ1v) is 6.72. The van der Waals surface area contributed by atoms with Gasteiger partial charge < -0.3 is 9.47 Å². The van der Waals surface area contributed by atoms with Crippen molar-refractivity contribution in [3.05, 3.63) is 35.9 Å². The number of carbonyl (C=O) groups is 2. The lowest BCUT2D eigenvalue weighted by Crippen LogP contribution is -2.39. The monoisotopic (exact) mass is 277 g/mol. The molecular weight excluding hydrogens is 258 g/mol. The van der Waals surface area contributed by atoms with Gasteiger partial charge in [-0.3, -0.25) is 4.90 Å². The molecular formula is C15H19NO4. The number of amides is 1. The molecule has 1 aromatic rings. The van der Waals surface area contributed by atoms with Crippen molar-refractivity contribution in [1.29, 1.82) is 0 Å². The van der Waals surface area contributed by atoms with Gasteiger partial charge in [0, 0.05) is 0 Å². The van der Waals surface area contributed by atoms with Crippen LogP contribution in [0.15, 0.2) is 30.3 Å². The van der Waals surface area contributed by atoms with E-state index in [1.807, 2.05) is 44.2 Å². The molecule has 1 saturated heterocycles. The van der Waals surface area contributed by atoms with Crippen molar-refractivity contribution in [1.82, 2.24) is 4.90 Å². The highest BCUT2D eigenvalue weighted by molar-refractivity contribution is 5.83. The standard InChI is InChI=1S/C15H19NO4/c1-11(2)8-13-14(17)20-10-16(13)15(18)19-9-12-6-4-3-5-7-12/h3-7,11,13H,8-10H2,1-2H3. The van der Waals surface area contributed by atoms with Crippen molar-refractivity contribution in [2.24, 2.45) is 5.92 Å². The summed E-state index contributed by atoms with van der Waals surface area (Å²) in [4.78, 5) is 25.0. The second-order valence-corrected chi connectivity index (χ2v) is 5.25. The molecule has 1 aliphatic heterocycles. The number of cyclic esters (lactones) is 1. The molecule has 2 rings (SSSR count). The molecule has 108 valence electrons. The van der Waals surface area contributed by atoms with Gasteiger partial charge in [-0.1, -0.05) is 44.2 Å². The third-order valence-corrected chi connectivity index (χ3v) is 3.13. The van der Waals surface area contributed by atoms with Crippen LogP contribution in [0.2, 0.25) is 0 Å². The number of nitrogens with zero attached hydrogens (tertiary/aromatic N) is 1. The minimum atomic E-state index is -0.529. The molecule has 1 aromatic carbocycles. The highest BCUT2D eigenvalue weighted by atomic mass is 16.6. The summed E-state index contributed by atoms with van der Waals surface area (Å²) in [6, 6.07) is 8.89. The van der Waals surface area contributed by atoms with Gasteiger partial charge in [-0.05, 0) is 17.9 Å². The van der Waals surface area contributed by atoms with E-state index in [-0.39, 0.29) is 19.3 Å². The third kappa shape index (κ3) is 3.50. The molecule has 0 aromatic heterocycles. The molecule has 0 N–H and O–H groups in total. The van der Waals surface area contributed by atoms with Crippen molar-refractivity contribution in [3.8, 4) is 0 Å². The Labute approximate surface area is 118 Å². The molecule has 1 heterocycles. The predicted octanol–water partition coefficient (Wildman–Crippen LogP) is 2.55. The molecule has 0 radical (unpaired) electrons. The fraction of sp³-hybridized carbons (Fsp3) is 0.467. The van der Waals surface area contributed by atoms with Gasteiger partial charge >= 0.3 is 12.1 Å². The highest BCUT2D eigenvalue weighted by Gasteiger charge is 2.38. The second kappa shape index (κ2) is 6.41. The summed E-state index contributed by atoms with van der Waals surface area (Å²) in [5.41, 5.74) is 0.910. The van der Waals surface area contributed by atoms with E-state index < -0.39 is 12.1 Å². The van der Waals surface area contributed by atoms with Crippen molar-refractivity contribution in [2.45, 2.75) is 32.9 Å². The van der Waals surface area contributed by atoms with Crippen molar-refractivity contribution >= 4 is 12.1 Å². The van der Waals surface area contributed by atoms with E-state index in [1.165, 1.54) is 4.90 Å².